The van der Waals surface area contributed by atoms with Gasteiger partial charge in [0.1, 0.15) is 0 Å². The summed E-state index contributed by atoms with van der Waals surface area (Å²) in [6, 6.07) is -0.210. The minimum absolute atomic E-state index is 0.0403. The average molecular weight is 246 g/mol. The van der Waals surface area contributed by atoms with Crippen LogP contribution in [0.4, 0.5) is 0 Å². The van der Waals surface area contributed by atoms with Crippen molar-refractivity contribution in [3.05, 3.63) is 0 Å². The predicted molar refractivity (Wildman–Crippen MR) is 60.8 cm³/mol. The molecule has 0 bridgehead atoms. The summed E-state index contributed by atoms with van der Waals surface area (Å²) >= 11 is 0. The average Bonchev–Trinajstić information content (AvgIpc) is 2.96. The topological polar surface area (TPSA) is 75.3 Å². The molecule has 2 aliphatic rings. The lowest BCUT2D eigenvalue weighted by atomic mass is 10.2. The zero-order valence-electron chi connectivity index (χ0n) is 9.24. The third kappa shape index (κ3) is 3.75. The van der Waals surface area contributed by atoms with E-state index in [9.17, 15) is 13.2 Å². The predicted octanol–water partition coefficient (Wildman–Crippen LogP) is -0.711. The van der Waals surface area contributed by atoms with Crippen LogP contribution in [0.1, 0.15) is 19.3 Å². The molecule has 0 aromatic heterocycles. The Morgan fingerprint density at radius 1 is 1.38 bits per heavy atom. The van der Waals surface area contributed by atoms with E-state index in [0.29, 0.717) is 12.5 Å². The first-order valence-electron chi connectivity index (χ1n) is 5.76. The van der Waals surface area contributed by atoms with Gasteiger partial charge < -0.3 is 10.6 Å². The van der Waals surface area contributed by atoms with E-state index >= 15 is 0 Å². The van der Waals surface area contributed by atoms with Crippen molar-refractivity contribution in [2.75, 3.05) is 24.6 Å². The number of hydrogen-bond donors (Lipinski definition) is 2. The molecule has 1 aliphatic carbocycles. The number of hydrogen-bond acceptors (Lipinski definition) is 4. The molecule has 1 saturated carbocycles. The fourth-order valence-corrected chi connectivity index (χ4v) is 3.32. The highest BCUT2D eigenvalue weighted by molar-refractivity contribution is 7.91. The van der Waals surface area contributed by atoms with E-state index in [1.54, 1.807) is 0 Å². The van der Waals surface area contributed by atoms with Crippen molar-refractivity contribution in [1.29, 1.82) is 0 Å². The molecule has 16 heavy (non-hydrogen) atoms. The maximum Gasteiger partial charge on any atom is 0.221 e. The molecule has 0 aromatic carbocycles. The fourth-order valence-electron chi connectivity index (χ4n) is 1.87. The second kappa shape index (κ2) is 4.71. The Morgan fingerprint density at radius 3 is 2.75 bits per heavy atom. The summed E-state index contributed by atoms with van der Waals surface area (Å²) in [6.07, 6.45) is 2.68. The number of amides is 1. The summed E-state index contributed by atoms with van der Waals surface area (Å²) in [5.74, 6) is 0.894. The lowest BCUT2D eigenvalue weighted by molar-refractivity contribution is -0.121. The second-order valence-corrected chi connectivity index (χ2v) is 6.95. The highest BCUT2D eigenvalue weighted by Crippen LogP contribution is 2.27. The molecular weight excluding hydrogens is 228 g/mol. The van der Waals surface area contributed by atoms with Crippen molar-refractivity contribution in [3.63, 3.8) is 0 Å². The van der Waals surface area contributed by atoms with E-state index < -0.39 is 9.84 Å². The summed E-state index contributed by atoms with van der Waals surface area (Å²) in [4.78, 5) is 11.5. The molecule has 2 N–H and O–H groups in total. The number of carbonyl (C=O) groups is 1. The van der Waals surface area contributed by atoms with E-state index in [1.807, 2.05) is 0 Å². The molecule has 1 atom stereocenters. The zero-order valence-corrected chi connectivity index (χ0v) is 10.1. The lowest BCUT2D eigenvalue weighted by Gasteiger charge is -2.23. The molecule has 1 aliphatic heterocycles. The Kier molecular flexibility index (Phi) is 3.49. The van der Waals surface area contributed by atoms with Crippen LogP contribution in [0.15, 0.2) is 0 Å². The first-order chi connectivity index (χ1) is 7.55. The van der Waals surface area contributed by atoms with Gasteiger partial charge in [0.25, 0.3) is 0 Å². The van der Waals surface area contributed by atoms with Crippen molar-refractivity contribution >= 4 is 15.7 Å². The number of nitrogens with one attached hydrogen (secondary N) is 2. The van der Waals surface area contributed by atoms with Crippen molar-refractivity contribution in [2.24, 2.45) is 5.92 Å². The molecule has 0 spiro atoms. The van der Waals surface area contributed by atoms with Crippen LogP contribution in [0.3, 0.4) is 0 Å². The minimum atomic E-state index is -2.94. The molecule has 1 saturated heterocycles. The van der Waals surface area contributed by atoms with Gasteiger partial charge in [0.2, 0.25) is 5.91 Å². The third-order valence-electron chi connectivity index (χ3n) is 3.02. The minimum Gasteiger partial charge on any atom is -0.356 e. The van der Waals surface area contributed by atoms with E-state index in [0.717, 1.165) is 6.54 Å². The SMILES string of the molecule is O=C(CC1CS(=O)(=O)CCN1)NCC1CC1. The molecule has 5 nitrogen and oxygen atoms in total. The van der Waals surface area contributed by atoms with Crippen molar-refractivity contribution in [3.8, 4) is 0 Å². The number of carbonyl (C=O) groups excluding carboxylic acids is 1. The van der Waals surface area contributed by atoms with Crippen molar-refractivity contribution in [1.82, 2.24) is 10.6 Å². The van der Waals surface area contributed by atoms with Crippen molar-refractivity contribution in [2.45, 2.75) is 25.3 Å². The van der Waals surface area contributed by atoms with Crippen LogP contribution in [-0.4, -0.2) is 45.0 Å². The summed E-state index contributed by atoms with van der Waals surface area (Å²) in [5, 5.41) is 5.91. The van der Waals surface area contributed by atoms with Gasteiger partial charge in [0.15, 0.2) is 9.84 Å². The summed E-state index contributed by atoms with van der Waals surface area (Å²) in [5.41, 5.74) is 0. The first-order valence-corrected chi connectivity index (χ1v) is 7.58. The summed E-state index contributed by atoms with van der Waals surface area (Å²) in [6.45, 7) is 1.21. The largest absolute Gasteiger partial charge is 0.356 e. The van der Waals surface area contributed by atoms with Crippen LogP contribution < -0.4 is 10.6 Å². The molecule has 92 valence electrons. The first kappa shape index (κ1) is 11.9. The summed E-state index contributed by atoms with van der Waals surface area (Å²) < 4.78 is 22.7. The Morgan fingerprint density at radius 2 is 2.12 bits per heavy atom. The Balaban J connectivity index is 1.72. The third-order valence-corrected chi connectivity index (χ3v) is 4.75. The van der Waals surface area contributed by atoms with Crippen LogP contribution in [0.5, 0.6) is 0 Å². The van der Waals surface area contributed by atoms with Crippen molar-refractivity contribution < 1.29 is 13.2 Å². The molecular formula is C10H18N2O3S. The quantitative estimate of drug-likeness (QED) is 0.687. The Bertz CT molecular complexity index is 362. The van der Waals surface area contributed by atoms with Crippen LogP contribution >= 0.6 is 0 Å². The van der Waals surface area contributed by atoms with Gasteiger partial charge in [-0.25, -0.2) is 8.42 Å². The molecule has 2 fully saturated rings. The van der Waals surface area contributed by atoms with Crippen LogP contribution in [-0.2, 0) is 14.6 Å². The zero-order chi connectivity index (χ0) is 11.6. The lowest BCUT2D eigenvalue weighted by Crippen LogP contribution is -2.47. The number of sulfone groups is 1. The molecule has 6 heteroatoms. The standard InChI is InChI=1S/C10H18N2O3S/c13-10(12-6-8-1-2-8)5-9-7-16(14,15)4-3-11-9/h8-9,11H,1-7H2,(H,12,13). The highest BCUT2D eigenvalue weighted by atomic mass is 32.2. The maximum atomic E-state index is 11.5. The molecule has 0 aromatic rings. The van der Waals surface area contributed by atoms with E-state index in [4.69, 9.17) is 0 Å². The normalized spacial score (nSPS) is 28.6. The fraction of sp³-hybridized carbons (Fsp3) is 0.900. The van der Waals surface area contributed by atoms with E-state index in [-0.39, 0.29) is 29.9 Å². The van der Waals surface area contributed by atoms with Gasteiger partial charge >= 0.3 is 0 Å². The van der Waals surface area contributed by atoms with Gasteiger partial charge in [-0.15, -0.1) is 0 Å². The molecule has 1 heterocycles. The van der Waals surface area contributed by atoms with E-state index in [2.05, 4.69) is 10.6 Å². The molecule has 2 rings (SSSR count). The second-order valence-electron chi connectivity index (χ2n) is 4.72. The van der Waals surface area contributed by atoms with Gasteiger partial charge in [0, 0.05) is 25.6 Å². The van der Waals surface area contributed by atoms with Gasteiger partial charge in [-0.2, -0.15) is 0 Å². The Hall–Kier alpha value is -0.620. The Labute approximate surface area is 95.9 Å². The monoisotopic (exact) mass is 246 g/mol. The van der Waals surface area contributed by atoms with Gasteiger partial charge in [-0.3, -0.25) is 4.79 Å². The van der Waals surface area contributed by atoms with Crippen LogP contribution in [0.2, 0.25) is 0 Å². The van der Waals surface area contributed by atoms with Gasteiger partial charge in [0.05, 0.1) is 11.5 Å². The molecule has 1 unspecified atom stereocenters. The molecule has 1 amide bonds. The maximum absolute atomic E-state index is 11.5. The van der Waals surface area contributed by atoms with E-state index in [1.165, 1.54) is 12.8 Å². The number of rotatable bonds is 4. The van der Waals surface area contributed by atoms with Crippen LogP contribution in [0.25, 0.3) is 0 Å². The smallest absolute Gasteiger partial charge is 0.221 e. The summed E-state index contributed by atoms with van der Waals surface area (Å²) in [7, 11) is -2.94. The van der Waals surface area contributed by atoms with Crippen LogP contribution in [0, 0.1) is 5.92 Å². The molecule has 0 radical (unpaired) electrons. The highest BCUT2D eigenvalue weighted by Gasteiger charge is 2.27. The van der Waals surface area contributed by atoms with Gasteiger partial charge in [-0.1, -0.05) is 0 Å². The van der Waals surface area contributed by atoms with Gasteiger partial charge in [-0.05, 0) is 18.8 Å².